The van der Waals surface area contributed by atoms with Crippen LogP contribution in [0.1, 0.15) is 38.5 Å². The maximum Gasteiger partial charge on any atom is 0.233 e. The maximum absolute atomic E-state index is 10.9. The molecule has 3 nitrogen and oxygen atoms in total. The number of amides is 1. The van der Waals surface area contributed by atoms with Gasteiger partial charge in [0.1, 0.15) is 0 Å². The van der Waals surface area contributed by atoms with E-state index >= 15 is 0 Å². The molecule has 0 radical (unpaired) electrons. The van der Waals surface area contributed by atoms with Crippen LogP contribution in [0.15, 0.2) is 0 Å². The van der Waals surface area contributed by atoms with E-state index in [9.17, 15) is 4.79 Å². The molecule has 82 valence electrons. The van der Waals surface area contributed by atoms with E-state index in [0.29, 0.717) is 6.54 Å². The molecule has 0 unspecified atom stereocenters. The lowest BCUT2D eigenvalue weighted by Crippen LogP contribution is -2.34. The number of rotatable bonds is 4. The summed E-state index contributed by atoms with van der Waals surface area (Å²) in [5, 5.41) is 5.84. The number of hydrogen-bond donors (Lipinski definition) is 2. The molecule has 0 aromatic heterocycles. The summed E-state index contributed by atoms with van der Waals surface area (Å²) in [7, 11) is 1.68. The summed E-state index contributed by atoms with van der Waals surface area (Å²) in [6, 6.07) is 0. The zero-order chi connectivity index (χ0) is 10.2. The SMILES string of the molecule is CNC(=O)CNCC1CCCCCC1. The van der Waals surface area contributed by atoms with Crippen molar-refractivity contribution in [3.05, 3.63) is 0 Å². The number of carbonyl (C=O) groups excluding carboxylic acids is 1. The summed E-state index contributed by atoms with van der Waals surface area (Å²) in [4.78, 5) is 10.9. The van der Waals surface area contributed by atoms with Crippen LogP contribution in [0.2, 0.25) is 0 Å². The molecule has 0 atom stereocenters. The van der Waals surface area contributed by atoms with Crippen molar-refractivity contribution in [1.82, 2.24) is 10.6 Å². The summed E-state index contributed by atoms with van der Waals surface area (Å²) in [5.41, 5.74) is 0. The van der Waals surface area contributed by atoms with Gasteiger partial charge in [0, 0.05) is 7.05 Å². The van der Waals surface area contributed by atoms with Gasteiger partial charge in [0.15, 0.2) is 0 Å². The number of likely N-dealkylation sites (N-methyl/N-ethyl adjacent to an activating group) is 1. The van der Waals surface area contributed by atoms with Crippen molar-refractivity contribution in [2.45, 2.75) is 38.5 Å². The lowest BCUT2D eigenvalue weighted by atomic mass is 10.0. The molecule has 0 saturated heterocycles. The lowest BCUT2D eigenvalue weighted by Gasteiger charge is -2.14. The van der Waals surface area contributed by atoms with Crippen molar-refractivity contribution in [3.8, 4) is 0 Å². The fourth-order valence-electron chi connectivity index (χ4n) is 2.05. The summed E-state index contributed by atoms with van der Waals surface area (Å²) in [6.45, 7) is 1.47. The highest BCUT2D eigenvalue weighted by atomic mass is 16.1. The second-order valence-corrected chi connectivity index (χ2v) is 4.16. The third kappa shape index (κ3) is 4.61. The zero-order valence-electron chi connectivity index (χ0n) is 9.14. The Hall–Kier alpha value is -0.570. The van der Waals surface area contributed by atoms with Gasteiger partial charge in [-0.2, -0.15) is 0 Å². The highest BCUT2D eigenvalue weighted by Gasteiger charge is 2.11. The minimum Gasteiger partial charge on any atom is -0.358 e. The van der Waals surface area contributed by atoms with Crippen LogP contribution in [0, 0.1) is 5.92 Å². The van der Waals surface area contributed by atoms with Crippen molar-refractivity contribution >= 4 is 5.91 Å². The van der Waals surface area contributed by atoms with Crippen molar-refractivity contribution in [2.24, 2.45) is 5.92 Å². The van der Waals surface area contributed by atoms with Crippen LogP contribution in [0.3, 0.4) is 0 Å². The van der Waals surface area contributed by atoms with E-state index < -0.39 is 0 Å². The van der Waals surface area contributed by atoms with Crippen molar-refractivity contribution in [1.29, 1.82) is 0 Å². The van der Waals surface area contributed by atoms with Crippen molar-refractivity contribution in [3.63, 3.8) is 0 Å². The molecule has 0 aliphatic heterocycles. The Bertz CT molecular complexity index is 163. The van der Waals surface area contributed by atoms with Crippen LogP contribution in [0.25, 0.3) is 0 Å². The van der Waals surface area contributed by atoms with Crippen LogP contribution in [-0.2, 0) is 4.79 Å². The quantitative estimate of drug-likeness (QED) is 0.668. The Balaban J connectivity index is 2.07. The van der Waals surface area contributed by atoms with Gasteiger partial charge in [-0.3, -0.25) is 4.79 Å². The lowest BCUT2D eigenvalue weighted by molar-refractivity contribution is -0.119. The molecule has 3 heteroatoms. The first kappa shape index (κ1) is 11.5. The third-order valence-corrected chi connectivity index (χ3v) is 2.97. The fraction of sp³-hybridized carbons (Fsp3) is 0.909. The highest BCUT2D eigenvalue weighted by Crippen LogP contribution is 2.21. The monoisotopic (exact) mass is 198 g/mol. The van der Waals surface area contributed by atoms with E-state index in [-0.39, 0.29) is 5.91 Å². The number of carbonyl (C=O) groups is 1. The fourth-order valence-corrected chi connectivity index (χ4v) is 2.05. The van der Waals surface area contributed by atoms with E-state index in [2.05, 4.69) is 10.6 Å². The normalized spacial score (nSPS) is 18.9. The second kappa shape index (κ2) is 6.82. The average molecular weight is 198 g/mol. The largest absolute Gasteiger partial charge is 0.358 e. The first-order chi connectivity index (χ1) is 6.83. The molecule has 0 bridgehead atoms. The third-order valence-electron chi connectivity index (χ3n) is 2.97. The Kier molecular flexibility index (Phi) is 5.60. The van der Waals surface area contributed by atoms with Crippen LogP contribution in [-0.4, -0.2) is 26.0 Å². The molecule has 1 aliphatic carbocycles. The van der Waals surface area contributed by atoms with Crippen LogP contribution in [0.4, 0.5) is 0 Å². The molecule has 0 spiro atoms. The summed E-state index contributed by atoms with van der Waals surface area (Å²) in [5.74, 6) is 0.876. The van der Waals surface area contributed by atoms with Gasteiger partial charge in [-0.15, -0.1) is 0 Å². The molecule has 0 aromatic carbocycles. The average Bonchev–Trinajstić information content (AvgIpc) is 2.46. The predicted octanol–water partition coefficient (Wildman–Crippen LogP) is 1.29. The predicted molar refractivity (Wildman–Crippen MR) is 58.1 cm³/mol. The van der Waals surface area contributed by atoms with Gasteiger partial charge in [-0.05, 0) is 25.3 Å². The Morgan fingerprint density at radius 3 is 2.43 bits per heavy atom. The zero-order valence-corrected chi connectivity index (χ0v) is 9.14. The number of hydrogen-bond acceptors (Lipinski definition) is 2. The molecule has 1 amide bonds. The Labute approximate surface area is 86.6 Å². The molecular weight excluding hydrogens is 176 g/mol. The number of nitrogens with one attached hydrogen (secondary N) is 2. The van der Waals surface area contributed by atoms with Gasteiger partial charge in [0.25, 0.3) is 0 Å². The molecule has 1 rings (SSSR count). The van der Waals surface area contributed by atoms with Gasteiger partial charge in [-0.25, -0.2) is 0 Å². The molecule has 1 saturated carbocycles. The summed E-state index contributed by atoms with van der Waals surface area (Å²) >= 11 is 0. The smallest absolute Gasteiger partial charge is 0.233 e. The standard InChI is InChI=1S/C11H22N2O/c1-12-11(14)9-13-8-10-6-4-2-3-5-7-10/h10,13H,2-9H2,1H3,(H,12,14). The van der Waals surface area contributed by atoms with Gasteiger partial charge >= 0.3 is 0 Å². The van der Waals surface area contributed by atoms with Gasteiger partial charge in [0.2, 0.25) is 5.91 Å². The topological polar surface area (TPSA) is 41.1 Å². The summed E-state index contributed by atoms with van der Waals surface area (Å²) in [6.07, 6.45) is 8.19. The van der Waals surface area contributed by atoms with Gasteiger partial charge < -0.3 is 10.6 Å². The van der Waals surface area contributed by atoms with E-state index in [0.717, 1.165) is 12.5 Å². The first-order valence-corrected chi connectivity index (χ1v) is 5.74. The minimum atomic E-state index is 0.0821. The Morgan fingerprint density at radius 1 is 1.21 bits per heavy atom. The highest BCUT2D eigenvalue weighted by molar-refractivity contribution is 5.77. The minimum absolute atomic E-state index is 0.0821. The molecular formula is C11H22N2O. The van der Waals surface area contributed by atoms with E-state index in [4.69, 9.17) is 0 Å². The van der Waals surface area contributed by atoms with Crippen molar-refractivity contribution in [2.75, 3.05) is 20.1 Å². The molecule has 0 aromatic rings. The van der Waals surface area contributed by atoms with Gasteiger partial charge in [0.05, 0.1) is 6.54 Å². The molecule has 0 heterocycles. The molecule has 1 aliphatic rings. The molecule has 1 fully saturated rings. The van der Waals surface area contributed by atoms with E-state index in [1.807, 2.05) is 0 Å². The first-order valence-electron chi connectivity index (χ1n) is 5.74. The van der Waals surface area contributed by atoms with Gasteiger partial charge in [-0.1, -0.05) is 25.7 Å². The van der Waals surface area contributed by atoms with Crippen molar-refractivity contribution < 1.29 is 4.79 Å². The molecule has 14 heavy (non-hydrogen) atoms. The van der Waals surface area contributed by atoms with E-state index in [1.54, 1.807) is 7.05 Å². The Morgan fingerprint density at radius 2 is 1.86 bits per heavy atom. The van der Waals surface area contributed by atoms with E-state index in [1.165, 1.54) is 38.5 Å². The second-order valence-electron chi connectivity index (χ2n) is 4.16. The van der Waals surface area contributed by atoms with Crippen LogP contribution in [0.5, 0.6) is 0 Å². The van der Waals surface area contributed by atoms with Crippen LogP contribution < -0.4 is 10.6 Å². The maximum atomic E-state index is 10.9. The van der Waals surface area contributed by atoms with Crippen LogP contribution >= 0.6 is 0 Å². The molecule has 2 N–H and O–H groups in total. The summed E-state index contributed by atoms with van der Waals surface area (Å²) < 4.78 is 0.